The summed E-state index contributed by atoms with van der Waals surface area (Å²) in [5, 5.41) is 2.62. The minimum atomic E-state index is -0.736. The molecule has 2 rings (SSSR count). The number of carbonyl (C=O) groups is 2. The minimum absolute atomic E-state index is 0.0968. The fourth-order valence-electron chi connectivity index (χ4n) is 2.40. The third-order valence-electron chi connectivity index (χ3n) is 3.60. The molecule has 0 aliphatic heterocycles. The Labute approximate surface area is 141 Å². The summed E-state index contributed by atoms with van der Waals surface area (Å²) >= 11 is 0. The molecule has 0 aliphatic rings. The molecule has 126 valence electrons. The van der Waals surface area contributed by atoms with Crippen LogP contribution in [0.1, 0.15) is 5.56 Å². The van der Waals surface area contributed by atoms with Crippen molar-refractivity contribution in [2.24, 2.45) is 0 Å². The monoisotopic (exact) mass is 327 g/mol. The van der Waals surface area contributed by atoms with Crippen molar-refractivity contribution in [1.82, 2.24) is 5.32 Å². The molecule has 0 aromatic heterocycles. The summed E-state index contributed by atoms with van der Waals surface area (Å²) in [7, 11) is 2.73. The van der Waals surface area contributed by atoms with E-state index in [4.69, 9.17) is 9.47 Å². The number of amides is 1. The van der Waals surface area contributed by atoms with Crippen molar-refractivity contribution in [1.29, 1.82) is 0 Å². The van der Waals surface area contributed by atoms with Gasteiger partial charge in [-0.15, -0.1) is 0 Å². The Morgan fingerprint density at radius 1 is 0.958 bits per heavy atom. The molecular formula is C19H21NO4. The van der Waals surface area contributed by atoms with Crippen LogP contribution >= 0.6 is 0 Å². The van der Waals surface area contributed by atoms with Gasteiger partial charge in [-0.25, -0.2) is 4.79 Å². The van der Waals surface area contributed by atoms with Crippen molar-refractivity contribution in [3.05, 3.63) is 60.2 Å². The molecule has 1 N–H and O–H groups in total. The van der Waals surface area contributed by atoms with Gasteiger partial charge in [0.25, 0.3) is 0 Å². The van der Waals surface area contributed by atoms with Crippen LogP contribution in [0, 0.1) is 0 Å². The van der Waals surface area contributed by atoms with Gasteiger partial charge in [-0.2, -0.15) is 0 Å². The number of carbonyl (C=O) groups excluding carboxylic acids is 2. The summed E-state index contributed by atoms with van der Waals surface area (Å²) in [5.74, 6) is -0.833. The van der Waals surface area contributed by atoms with E-state index in [-0.39, 0.29) is 12.5 Å². The second-order valence-corrected chi connectivity index (χ2v) is 5.34. The Kier molecular flexibility index (Phi) is 6.51. The predicted molar refractivity (Wildman–Crippen MR) is 91.4 cm³/mol. The molecule has 1 atom stereocenters. The Morgan fingerprint density at radius 3 is 2.17 bits per heavy atom. The number of methoxy groups -OCH3 is 2. The van der Waals surface area contributed by atoms with Crippen LogP contribution in [0.4, 0.5) is 0 Å². The van der Waals surface area contributed by atoms with E-state index in [1.165, 1.54) is 14.2 Å². The quantitative estimate of drug-likeness (QED) is 0.792. The van der Waals surface area contributed by atoms with E-state index in [2.05, 4.69) is 5.32 Å². The molecular weight excluding hydrogens is 306 g/mol. The molecule has 0 bridgehead atoms. The fourth-order valence-corrected chi connectivity index (χ4v) is 2.40. The molecule has 0 spiro atoms. The average molecular weight is 327 g/mol. The SMILES string of the molecule is COCC(=O)N[C@@H](Cc1ccc(-c2ccccc2)cc1)C(=O)OC. The largest absolute Gasteiger partial charge is 0.467 e. The Balaban J connectivity index is 2.08. The number of esters is 1. The first-order valence-electron chi connectivity index (χ1n) is 7.64. The van der Waals surface area contributed by atoms with Gasteiger partial charge in [0.05, 0.1) is 7.11 Å². The number of nitrogens with one attached hydrogen (secondary N) is 1. The molecule has 1 amide bonds. The van der Waals surface area contributed by atoms with Crippen LogP contribution in [0.15, 0.2) is 54.6 Å². The maximum Gasteiger partial charge on any atom is 0.328 e. The van der Waals surface area contributed by atoms with Crippen LogP contribution < -0.4 is 5.32 Å². The van der Waals surface area contributed by atoms with Crippen molar-refractivity contribution < 1.29 is 19.1 Å². The standard InChI is InChI=1S/C19H21NO4/c1-23-13-18(21)20-17(19(22)24-2)12-14-8-10-16(11-9-14)15-6-4-3-5-7-15/h3-11,17H,12-13H2,1-2H3,(H,20,21)/t17-/m0/s1. The molecule has 5 nitrogen and oxygen atoms in total. The average Bonchev–Trinajstić information content (AvgIpc) is 2.62. The second kappa shape index (κ2) is 8.84. The molecule has 2 aromatic carbocycles. The highest BCUT2D eigenvalue weighted by atomic mass is 16.5. The lowest BCUT2D eigenvalue weighted by Crippen LogP contribution is -2.44. The van der Waals surface area contributed by atoms with Gasteiger partial charge in [-0.3, -0.25) is 4.79 Å². The zero-order valence-electron chi connectivity index (χ0n) is 13.8. The van der Waals surface area contributed by atoms with Gasteiger partial charge in [-0.05, 0) is 16.7 Å². The predicted octanol–water partition coefficient (Wildman–Crippen LogP) is 2.20. The van der Waals surface area contributed by atoms with Gasteiger partial charge < -0.3 is 14.8 Å². The summed E-state index contributed by atoms with van der Waals surface area (Å²) in [5.41, 5.74) is 3.15. The summed E-state index contributed by atoms with van der Waals surface area (Å²) in [6.07, 6.45) is 0.358. The van der Waals surface area contributed by atoms with Crippen LogP contribution in [0.25, 0.3) is 11.1 Å². The summed E-state index contributed by atoms with van der Waals surface area (Å²) < 4.78 is 9.53. The Bertz CT molecular complexity index is 668. The third-order valence-corrected chi connectivity index (χ3v) is 3.60. The van der Waals surface area contributed by atoms with Crippen LogP contribution in [0.3, 0.4) is 0 Å². The summed E-state index contributed by atoms with van der Waals surface area (Å²) in [6.45, 7) is -0.0968. The van der Waals surface area contributed by atoms with E-state index in [0.717, 1.165) is 16.7 Å². The molecule has 0 radical (unpaired) electrons. The van der Waals surface area contributed by atoms with Crippen LogP contribution in [-0.2, 0) is 25.5 Å². The van der Waals surface area contributed by atoms with E-state index in [0.29, 0.717) is 6.42 Å². The first kappa shape index (κ1) is 17.7. The molecule has 0 saturated heterocycles. The van der Waals surface area contributed by atoms with E-state index < -0.39 is 12.0 Å². The molecule has 0 aliphatic carbocycles. The number of hydrogen-bond acceptors (Lipinski definition) is 4. The number of rotatable bonds is 7. The first-order valence-corrected chi connectivity index (χ1v) is 7.64. The number of benzene rings is 2. The fraction of sp³-hybridized carbons (Fsp3) is 0.263. The van der Waals surface area contributed by atoms with Gasteiger partial charge in [0.1, 0.15) is 12.6 Å². The van der Waals surface area contributed by atoms with Gasteiger partial charge in [-0.1, -0.05) is 54.6 Å². The third kappa shape index (κ3) is 4.93. The number of hydrogen-bond donors (Lipinski definition) is 1. The molecule has 0 heterocycles. The first-order chi connectivity index (χ1) is 11.6. The van der Waals surface area contributed by atoms with Crippen molar-refractivity contribution >= 4 is 11.9 Å². The lowest BCUT2D eigenvalue weighted by Gasteiger charge is -2.16. The van der Waals surface area contributed by atoms with Crippen molar-refractivity contribution in [2.75, 3.05) is 20.8 Å². The number of ether oxygens (including phenoxy) is 2. The van der Waals surface area contributed by atoms with Crippen LogP contribution in [-0.4, -0.2) is 38.7 Å². The lowest BCUT2D eigenvalue weighted by atomic mass is 10.0. The zero-order chi connectivity index (χ0) is 17.4. The maximum atomic E-state index is 11.9. The summed E-state index contributed by atoms with van der Waals surface area (Å²) in [4.78, 5) is 23.5. The molecule has 5 heteroatoms. The van der Waals surface area contributed by atoms with E-state index in [9.17, 15) is 9.59 Å². The van der Waals surface area contributed by atoms with Crippen molar-refractivity contribution in [2.45, 2.75) is 12.5 Å². The molecule has 24 heavy (non-hydrogen) atoms. The molecule has 0 unspecified atom stereocenters. The van der Waals surface area contributed by atoms with Gasteiger partial charge in [0.15, 0.2) is 0 Å². The molecule has 2 aromatic rings. The molecule has 0 fully saturated rings. The zero-order valence-corrected chi connectivity index (χ0v) is 13.8. The smallest absolute Gasteiger partial charge is 0.328 e. The second-order valence-electron chi connectivity index (χ2n) is 5.34. The van der Waals surface area contributed by atoms with E-state index in [1.807, 2.05) is 54.6 Å². The van der Waals surface area contributed by atoms with E-state index >= 15 is 0 Å². The Morgan fingerprint density at radius 2 is 1.58 bits per heavy atom. The van der Waals surface area contributed by atoms with Crippen LogP contribution in [0.2, 0.25) is 0 Å². The van der Waals surface area contributed by atoms with Crippen LogP contribution in [0.5, 0.6) is 0 Å². The highest BCUT2D eigenvalue weighted by Gasteiger charge is 2.21. The molecule has 0 saturated carbocycles. The van der Waals surface area contributed by atoms with Crippen molar-refractivity contribution in [3.63, 3.8) is 0 Å². The van der Waals surface area contributed by atoms with Gasteiger partial charge in [0, 0.05) is 13.5 Å². The summed E-state index contributed by atoms with van der Waals surface area (Å²) in [6, 6.07) is 17.2. The van der Waals surface area contributed by atoms with E-state index in [1.54, 1.807) is 0 Å². The van der Waals surface area contributed by atoms with Gasteiger partial charge >= 0.3 is 5.97 Å². The highest BCUT2D eigenvalue weighted by molar-refractivity contribution is 5.85. The normalized spacial score (nSPS) is 11.6. The lowest BCUT2D eigenvalue weighted by molar-refractivity contribution is -0.145. The highest BCUT2D eigenvalue weighted by Crippen LogP contribution is 2.19. The topological polar surface area (TPSA) is 64.6 Å². The van der Waals surface area contributed by atoms with Crippen molar-refractivity contribution in [3.8, 4) is 11.1 Å². The Hall–Kier alpha value is -2.66. The van der Waals surface area contributed by atoms with Gasteiger partial charge in [0.2, 0.25) is 5.91 Å². The maximum absolute atomic E-state index is 11.9. The minimum Gasteiger partial charge on any atom is -0.467 e.